The molecule has 2 amide bonds. The molecule has 5 nitrogen and oxygen atoms in total. The van der Waals surface area contributed by atoms with E-state index in [1.165, 1.54) is 0 Å². The van der Waals surface area contributed by atoms with Crippen LogP contribution in [-0.4, -0.2) is 18.9 Å². The average molecular weight is 322 g/mol. The van der Waals surface area contributed by atoms with E-state index < -0.39 is 6.04 Å². The molecule has 122 valence electrons. The standard InChI is InChI=1S/C19H18N2O3/c1-12-16(18(22)13-8-4-3-5-9-13)17(21-19(23)20-12)14-10-6-7-11-15(14)24-2/h3-11,17H,1-2H3,(H2,20,21,23)/t17-/m0/s1. The third-order valence-electron chi connectivity index (χ3n) is 4.00. The molecule has 3 rings (SSSR count). The molecule has 1 aliphatic heterocycles. The molecule has 1 aliphatic rings. The number of hydrogen-bond acceptors (Lipinski definition) is 3. The average Bonchev–Trinajstić information content (AvgIpc) is 2.61. The minimum atomic E-state index is -0.567. The smallest absolute Gasteiger partial charge is 0.319 e. The van der Waals surface area contributed by atoms with Crippen molar-refractivity contribution in [1.82, 2.24) is 10.6 Å². The van der Waals surface area contributed by atoms with Gasteiger partial charge in [0.25, 0.3) is 0 Å². The number of benzene rings is 2. The van der Waals surface area contributed by atoms with Crippen LogP contribution in [0, 0.1) is 0 Å². The van der Waals surface area contributed by atoms with Crippen LogP contribution in [0.25, 0.3) is 0 Å². The molecule has 2 aromatic carbocycles. The van der Waals surface area contributed by atoms with Crippen molar-refractivity contribution in [3.05, 3.63) is 77.0 Å². The van der Waals surface area contributed by atoms with Crippen LogP contribution in [0.1, 0.15) is 28.9 Å². The van der Waals surface area contributed by atoms with Crippen LogP contribution in [-0.2, 0) is 0 Å². The van der Waals surface area contributed by atoms with Gasteiger partial charge >= 0.3 is 6.03 Å². The maximum Gasteiger partial charge on any atom is 0.319 e. The predicted molar refractivity (Wildman–Crippen MR) is 90.9 cm³/mol. The van der Waals surface area contributed by atoms with Crippen molar-refractivity contribution in [2.45, 2.75) is 13.0 Å². The number of carbonyl (C=O) groups is 2. The van der Waals surface area contributed by atoms with Gasteiger partial charge < -0.3 is 15.4 Å². The molecule has 1 heterocycles. The molecule has 24 heavy (non-hydrogen) atoms. The van der Waals surface area contributed by atoms with Crippen molar-refractivity contribution in [2.75, 3.05) is 7.11 Å². The van der Waals surface area contributed by atoms with E-state index >= 15 is 0 Å². The number of hydrogen-bond donors (Lipinski definition) is 2. The zero-order chi connectivity index (χ0) is 17.1. The minimum absolute atomic E-state index is 0.128. The van der Waals surface area contributed by atoms with Crippen LogP contribution >= 0.6 is 0 Å². The summed E-state index contributed by atoms with van der Waals surface area (Å²) >= 11 is 0. The molecule has 0 radical (unpaired) electrons. The van der Waals surface area contributed by atoms with Crippen LogP contribution in [0.5, 0.6) is 5.75 Å². The summed E-state index contributed by atoms with van der Waals surface area (Å²) in [6.07, 6.45) is 0. The van der Waals surface area contributed by atoms with E-state index in [-0.39, 0.29) is 11.8 Å². The summed E-state index contributed by atoms with van der Waals surface area (Å²) in [7, 11) is 1.57. The summed E-state index contributed by atoms with van der Waals surface area (Å²) in [6.45, 7) is 1.73. The zero-order valence-corrected chi connectivity index (χ0v) is 13.5. The number of carbonyl (C=O) groups excluding carboxylic acids is 2. The summed E-state index contributed by atoms with van der Waals surface area (Å²) in [5.74, 6) is 0.493. The van der Waals surface area contributed by atoms with Gasteiger partial charge in [0, 0.05) is 22.4 Å². The number of para-hydroxylation sites is 1. The third kappa shape index (κ3) is 2.88. The number of allylic oxidation sites excluding steroid dienone is 1. The Morgan fingerprint density at radius 2 is 1.71 bits per heavy atom. The van der Waals surface area contributed by atoms with Gasteiger partial charge in [-0.3, -0.25) is 4.79 Å². The maximum atomic E-state index is 13.0. The number of urea groups is 1. The lowest BCUT2D eigenvalue weighted by molar-refractivity contribution is 0.102. The Balaban J connectivity index is 2.11. The van der Waals surface area contributed by atoms with Crippen LogP contribution in [0.2, 0.25) is 0 Å². The Hall–Kier alpha value is -3.08. The van der Waals surface area contributed by atoms with Gasteiger partial charge in [-0.1, -0.05) is 48.5 Å². The fraction of sp³-hybridized carbons (Fsp3) is 0.158. The van der Waals surface area contributed by atoms with Crippen molar-refractivity contribution in [3.63, 3.8) is 0 Å². The monoisotopic (exact) mass is 322 g/mol. The van der Waals surface area contributed by atoms with Crippen LogP contribution in [0.3, 0.4) is 0 Å². The highest BCUT2D eigenvalue weighted by Crippen LogP contribution is 2.34. The maximum absolute atomic E-state index is 13.0. The lowest BCUT2D eigenvalue weighted by Gasteiger charge is -2.29. The van der Waals surface area contributed by atoms with E-state index in [0.717, 1.165) is 5.56 Å². The molecule has 2 aromatic rings. The molecule has 5 heteroatoms. The number of amides is 2. The highest BCUT2D eigenvalue weighted by atomic mass is 16.5. The van der Waals surface area contributed by atoms with Crippen molar-refractivity contribution in [2.24, 2.45) is 0 Å². The molecule has 0 spiro atoms. The van der Waals surface area contributed by atoms with Gasteiger partial charge in [0.1, 0.15) is 5.75 Å². The van der Waals surface area contributed by atoms with Crippen LogP contribution in [0.4, 0.5) is 4.79 Å². The second-order valence-corrected chi connectivity index (χ2v) is 5.51. The molecule has 2 N–H and O–H groups in total. The van der Waals surface area contributed by atoms with E-state index in [4.69, 9.17) is 4.74 Å². The molecule has 1 atom stereocenters. The molecule has 0 bridgehead atoms. The SMILES string of the molecule is COc1ccccc1[C@@H]1NC(=O)NC(C)=C1C(=O)c1ccccc1. The fourth-order valence-corrected chi connectivity index (χ4v) is 2.88. The number of ether oxygens (including phenoxy) is 1. The zero-order valence-electron chi connectivity index (χ0n) is 13.5. The van der Waals surface area contributed by atoms with Gasteiger partial charge in [-0.05, 0) is 13.0 Å². The van der Waals surface area contributed by atoms with E-state index in [1.807, 2.05) is 42.5 Å². The Kier molecular flexibility index (Phi) is 4.33. The predicted octanol–water partition coefficient (Wildman–Crippen LogP) is 3.21. The number of ketones is 1. The molecule has 0 aromatic heterocycles. The van der Waals surface area contributed by atoms with E-state index in [2.05, 4.69) is 10.6 Å². The Labute approximate surface area is 140 Å². The quantitative estimate of drug-likeness (QED) is 0.849. The number of methoxy groups -OCH3 is 1. The molecule has 0 fully saturated rings. The molecular weight excluding hydrogens is 304 g/mol. The van der Waals surface area contributed by atoms with Crippen molar-refractivity contribution >= 4 is 11.8 Å². The molecule has 0 saturated heterocycles. The minimum Gasteiger partial charge on any atom is -0.496 e. The van der Waals surface area contributed by atoms with Gasteiger partial charge in [-0.2, -0.15) is 0 Å². The van der Waals surface area contributed by atoms with Gasteiger partial charge in [-0.25, -0.2) is 4.79 Å². The topological polar surface area (TPSA) is 67.4 Å². The van der Waals surface area contributed by atoms with E-state index in [0.29, 0.717) is 22.6 Å². The Morgan fingerprint density at radius 1 is 1.04 bits per heavy atom. The largest absolute Gasteiger partial charge is 0.496 e. The van der Waals surface area contributed by atoms with Gasteiger partial charge in [0.15, 0.2) is 5.78 Å². The molecular formula is C19H18N2O3. The highest BCUT2D eigenvalue weighted by molar-refractivity contribution is 6.11. The lowest BCUT2D eigenvalue weighted by Crippen LogP contribution is -2.45. The first kappa shape index (κ1) is 15.8. The first-order chi connectivity index (χ1) is 11.6. The second-order valence-electron chi connectivity index (χ2n) is 5.51. The molecule has 0 aliphatic carbocycles. The van der Waals surface area contributed by atoms with Gasteiger partial charge in [-0.15, -0.1) is 0 Å². The van der Waals surface area contributed by atoms with E-state index in [9.17, 15) is 9.59 Å². The van der Waals surface area contributed by atoms with E-state index in [1.54, 1.807) is 26.2 Å². The molecule has 0 unspecified atom stereocenters. The first-order valence-corrected chi connectivity index (χ1v) is 7.62. The summed E-state index contributed by atoms with van der Waals surface area (Å²) in [6, 6.07) is 15.5. The normalized spacial score (nSPS) is 17.1. The summed E-state index contributed by atoms with van der Waals surface area (Å²) < 4.78 is 5.40. The van der Waals surface area contributed by atoms with Crippen molar-refractivity contribution < 1.29 is 14.3 Å². The lowest BCUT2D eigenvalue weighted by atomic mass is 9.89. The number of rotatable bonds is 4. The second kappa shape index (κ2) is 6.58. The highest BCUT2D eigenvalue weighted by Gasteiger charge is 2.33. The van der Waals surface area contributed by atoms with Crippen LogP contribution in [0.15, 0.2) is 65.9 Å². The molecule has 0 saturated carbocycles. The first-order valence-electron chi connectivity index (χ1n) is 7.62. The fourth-order valence-electron chi connectivity index (χ4n) is 2.88. The van der Waals surface area contributed by atoms with Gasteiger partial charge in [0.05, 0.1) is 13.2 Å². The summed E-state index contributed by atoms with van der Waals surface area (Å²) in [5.41, 5.74) is 2.37. The van der Waals surface area contributed by atoms with Crippen LogP contribution < -0.4 is 15.4 Å². The number of Topliss-reactive ketones (excluding diaryl/α,β-unsaturated/α-hetero) is 1. The van der Waals surface area contributed by atoms with Gasteiger partial charge in [0.2, 0.25) is 0 Å². The third-order valence-corrected chi connectivity index (χ3v) is 4.00. The Morgan fingerprint density at radius 3 is 2.42 bits per heavy atom. The van der Waals surface area contributed by atoms with Crippen molar-refractivity contribution in [1.29, 1.82) is 0 Å². The number of nitrogens with one attached hydrogen (secondary N) is 2. The summed E-state index contributed by atoms with van der Waals surface area (Å²) in [5, 5.41) is 5.51. The Bertz CT molecular complexity index is 812. The van der Waals surface area contributed by atoms with Crippen molar-refractivity contribution in [3.8, 4) is 5.75 Å². The summed E-state index contributed by atoms with van der Waals surface area (Å²) in [4.78, 5) is 25.0.